The number of hydrogen-bond donors (Lipinski definition) is 2. The Bertz CT molecular complexity index is 713. The van der Waals surface area contributed by atoms with Crippen LogP contribution in [-0.2, 0) is 11.3 Å². The van der Waals surface area contributed by atoms with Gasteiger partial charge in [-0.2, -0.15) is 0 Å². The zero-order chi connectivity index (χ0) is 19.9. The van der Waals surface area contributed by atoms with Crippen molar-refractivity contribution < 1.29 is 29.2 Å². The van der Waals surface area contributed by atoms with E-state index in [1.165, 1.54) is 0 Å². The minimum atomic E-state index is -0.967. The number of rotatable bonds is 2. The number of methoxy groups -OCH3 is 2. The number of carbonyl (C=O) groups excluding carboxylic acids is 1. The summed E-state index contributed by atoms with van der Waals surface area (Å²) in [5.41, 5.74) is 1.12. The van der Waals surface area contributed by atoms with Gasteiger partial charge in [0.05, 0.1) is 26.4 Å². The molecule has 1 saturated carbocycles. The highest BCUT2D eigenvalue weighted by molar-refractivity contribution is 5.70. The zero-order valence-corrected chi connectivity index (χ0v) is 16.6. The molecule has 1 heterocycles. The molecule has 1 amide bonds. The van der Waals surface area contributed by atoms with Crippen LogP contribution in [0.2, 0.25) is 0 Å². The van der Waals surface area contributed by atoms with Crippen LogP contribution in [0.15, 0.2) is 12.1 Å². The normalized spacial score (nSPS) is 27.4. The second-order valence-corrected chi connectivity index (χ2v) is 8.24. The van der Waals surface area contributed by atoms with Gasteiger partial charge in [-0.15, -0.1) is 0 Å². The molecule has 2 aliphatic rings. The van der Waals surface area contributed by atoms with Crippen LogP contribution < -0.4 is 9.47 Å². The number of aliphatic hydroxyl groups is 2. The molecule has 2 N–H and O–H groups in total. The number of aliphatic hydroxyl groups excluding tert-OH is 2. The van der Waals surface area contributed by atoms with Gasteiger partial charge in [0.15, 0.2) is 11.5 Å². The Morgan fingerprint density at radius 3 is 2.33 bits per heavy atom. The van der Waals surface area contributed by atoms with Crippen molar-refractivity contribution in [3.63, 3.8) is 0 Å². The predicted octanol–water partition coefficient (Wildman–Crippen LogP) is 2.42. The summed E-state index contributed by atoms with van der Waals surface area (Å²) in [4.78, 5) is 14.5. The number of nitrogens with zero attached hydrogens (tertiary/aromatic N) is 1. The molecular weight excluding hydrogens is 350 g/mol. The Kier molecular flexibility index (Phi) is 5.27. The molecule has 0 radical (unpaired) electrons. The van der Waals surface area contributed by atoms with Gasteiger partial charge in [0, 0.05) is 18.5 Å². The maximum Gasteiger partial charge on any atom is 0.410 e. The first kappa shape index (κ1) is 19.8. The minimum Gasteiger partial charge on any atom is -0.493 e. The number of ether oxygens (including phenoxy) is 3. The molecule has 7 heteroatoms. The van der Waals surface area contributed by atoms with Gasteiger partial charge in [0.2, 0.25) is 0 Å². The van der Waals surface area contributed by atoms with E-state index in [0.717, 1.165) is 11.1 Å². The molecule has 4 atom stereocenters. The molecule has 0 spiro atoms. The molecule has 7 nitrogen and oxygen atoms in total. The molecule has 27 heavy (non-hydrogen) atoms. The second kappa shape index (κ2) is 7.20. The highest BCUT2D eigenvalue weighted by atomic mass is 16.6. The Hall–Kier alpha value is -1.99. The lowest BCUT2D eigenvalue weighted by atomic mass is 9.72. The van der Waals surface area contributed by atoms with E-state index in [4.69, 9.17) is 14.2 Å². The molecule has 1 aromatic carbocycles. The fourth-order valence-electron chi connectivity index (χ4n) is 4.11. The molecule has 0 saturated heterocycles. The molecular formula is C20H29NO6. The van der Waals surface area contributed by atoms with E-state index in [-0.39, 0.29) is 6.04 Å². The van der Waals surface area contributed by atoms with Crippen molar-refractivity contribution in [3.05, 3.63) is 23.3 Å². The maximum absolute atomic E-state index is 12.8. The van der Waals surface area contributed by atoms with Crippen LogP contribution in [0.3, 0.4) is 0 Å². The quantitative estimate of drug-likeness (QED) is 0.820. The number of fused-ring (bicyclic) bond motifs is 3. The molecule has 0 bridgehead atoms. The predicted molar refractivity (Wildman–Crippen MR) is 99.1 cm³/mol. The number of benzene rings is 1. The van der Waals surface area contributed by atoms with Crippen molar-refractivity contribution in [1.82, 2.24) is 4.90 Å². The maximum atomic E-state index is 12.8. The van der Waals surface area contributed by atoms with Gasteiger partial charge in [-0.1, -0.05) is 0 Å². The van der Waals surface area contributed by atoms with Crippen LogP contribution in [0.4, 0.5) is 4.79 Å². The summed E-state index contributed by atoms with van der Waals surface area (Å²) in [6.45, 7) is 5.84. The van der Waals surface area contributed by atoms with E-state index < -0.39 is 29.8 Å². The lowest BCUT2D eigenvalue weighted by molar-refractivity contribution is -0.0646. The summed E-state index contributed by atoms with van der Waals surface area (Å²) in [6.07, 6.45) is -1.18. The number of carbonyl (C=O) groups is 1. The van der Waals surface area contributed by atoms with Crippen molar-refractivity contribution in [2.45, 2.75) is 69.9 Å². The Morgan fingerprint density at radius 2 is 1.74 bits per heavy atom. The molecule has 0 aromatic heterocycles. The fraction of sp³-hybridized carbons (Fsp3) is 0.650. The molecule has 1 aliphatic carbocycles. The third kappa shape index (κ3) is 3.71. The summed E-state index contributed by atoms with van der Waals surface area (Å²) >= 11 is 0. The first-order valence-corrected chi connectivity index (χ1v) is 9.26. The second-order valence-electron chi connectivity index (χ2n) is 8.24. The Balaban J connectivity index is 2.06. The van der Waals surface area contributed by atoms with E-state index >= 15 is 0 Å². The number of hydrogen-bond acceptors (Lipinski definition) is 6. The zero-order valence-electron chi connectivity index (χ0n) is 16.6. The van der Waals surface area contributed by atoms with Gasteiger partial charge < -0.3 is 29.3 Å². The fourth-order valence-corrected chi connectivity index (χ4v) is 4.11. The van der Waals surface area contributed by atoms with E-state index in [9.17, 15) is 15.0 Å². The summed E-state index contributed by atoms with van der Waals surface area (Å²) in [5.74, 6) is 0.711. The van der Waals surface area contributed by atoms with E-state index in [1.807, 2.05) is 32.9 Å². The van der Waals surface area contributed by atoms with Crippen molar-refractivity contribution in [3.8, 4) is 11.5 Å². The lowest BCUT2D eigenvalue weighted by Crippen LogP contribution is -2.55. The van der Waals surface area contributed by atoms with Gasteiger partial charge in [-0.05, 0) is 56.9 Å². The van der Waals surface area contributed by atoms with Gasteiger partial charge in [-0.25, -0.2) is 4.79 Å². The first-order chi connectivity index (χ1) is 12.7. The van der Waals surface area contributed by atoms with Gasteiger partial charge >= 0.3 is 6.09 Å². The molecule has 1 aliphatic heterocycles. The summed E-state index contributed by atoms with van der Waals surface area (Å²) in [7, 11) is 3.12. The monoisotopic (exact) mass is 379 g/mol. The van der Waals surface area contributed by atoms with Crippen LogP contribution in [0.25, 0.3) is 0 Å². The van der Waals surface area contributed by atoms with E-state index in [0.29, 0.717) is 30.9 Å². The highest BCUT2D eigenvalue weighted by Crippen LogP contribution is 2.46. The van der Waals surface area contributed by atoms with Crippen molar-refractivity contribution >= 4 is 6.09 Å². The van der Waals surface area contributed by atoms with Crippen LogP contribution in [-0.4, -0.2) is 59.3 Å². The first-order valence-electron chi connectivity index (χ1n) is 9.26. The van der Waals surface area contributed by atoms with Crippen LogP contribution >= 0.6 is 0 Å². The van der Waals surface area contributed by atoms with Gasteiger partial charge in [-0.3, -0.25) is 0 Å². The molecule has 150 valence electrons. The van der Waals surface area contributed by atoms with Crippen molar-refractivity contribution in [1.29, 1.82) is 0 Å². The Labute approximate surface area is 159 Å². The summed E-state index contributed by atoms with van der Waals surface area (Å²) < 4.78 is 16.4. The van der Waals surface area contributed by atoms with Crippen LogP contribution in [0.5, 0.6) is 11.5 Å². The van der Waals surface area contributed by atoms with Gasteiger partial charge in [0.25, 0.3) is 0 Å². The molecule has 1 aromatic rings. The summed E-state index contributed by atoms with van der Waals surface area (Å²) in [5, 5.41) is 21.0. The SMILES string of the molecule is COc1cc2c(cc1OC)[C@@H]1[C@@H](O)[C@@H](O)CC[C@@H]1N(C(=O)OC(C)(C)C)C2. The molecule has 0 unspecified atom stereocenters. The van der Waals surface area contributed by atoms with Crippen molar-refractivity contribution in [2.24, 2.45) is 0 Å². The van der Waals surface area contributed by atoms with Crippen LogP contribution in [0.1, 0.15) is 50.7 Å². The molecule has 3 rings (SSSR count). The Morgan fingerprint density at radius 1 is 1.11 bits per heavy atom. The minimum absolute atomic E-state index is 0.246. The standard InChI is InChI=1S/C20H29NO6/c1-20(2,3)27-19(24)21-10-11-8-15(25-4)16(26-5)9-12(11)17-13(21)6-7-14(22)18(17)23/h8-9,13-14,17-18,22-23H,6-7,10H2,1-5H3/t13-,14-,17-,18-/m0/s1. The van der Waals surface area contributed by atoms with E-state index in [1.54, 1.807) is 19.1 Å². The highest BCUT2D eigenvalue weighted by Gasteiger charge is 2.47. The average molecular weight is 379 g/mol. The van der Waals surface area contributed by atoms with E-state index in [2.05, 4.69) is 0 Å². The average Bonchev–Trinajstić information content (AvgIpc) is 2.60. The third-order valence-electron chi connectivity index (χ3n) is 5.31. The van der Waals surface area contributed by atoms with Crippen LogP contribution in [0, 0.1) is 0 Å². The largest absolute Gasteiger partial charge is 0.493 e. The lowest BCUT2D eigenvalue weighted by Gasteiger charge is -2.48. The third-order valence-corrected chi connectivity index (χ3v) is 5.31. The smallest absolute Gasteiger partial charge is 0.410 e. The molecule has 1 fully saturated rings. The van der Waals surface area contributed by atoms with Crippen molar-refractivity contribution in [2.75, 3.05) is 14.2 Å². The van der Waals surface area contributed by atoms with Gasteiger partial charge in [0.1, 0.15) is 5.60 Å². The summed E-state index contributed by atoms with van der Waals surface area (Å²) in [6, 6.07) is 3.43. The topological polar surface area (TPSA) is 88.5 Å². The number of amides is 1.